The number of rotatable bonds is 9. The highest BCUT2D eigenvalue weighted by atomic mass is 32.2. The lowest BCUT2D eigenvalue weighted by molar-refractivity contribution is -0.113. The van der Waals surface area contributed by atoms with Crippen molar-refractivity contribution in [1.29, 1.82) is 0 Å². The third kappa shape index (κ3) is 5.52. The first kappa shape index (κ1) is 23.0. The predicted molar refractivity (Wildman–Crippen MR) is 122 cm³/mol. The van der Waals surface area contributed by atoms with Gasteiger partial charge in [0.05, 0.1) is 10.6 Å². The van der Waals surface area contributed by atoms with Crippen molar-refractivity contribution in [3.8, 4) is 11.4 Å². The zero-order valence-electron chi connectivity index (χ0n) is 17.6. The maximum Gasteiger partial charge on any atom is 0.243 e. The van der Waals surface area contributed by atoms with Crippen molar-refractivity contribution in [2.45, 2.75) is 30.8 Å². The second-order valence-corrected chi connectivity index (χ2v) is 9.59. The van der Waals surface area contributed by atoms with Gasteiger partial charge in [-0.15, -0.1) is 5.10 Å². The summed E-state index contributed by atoms with van der Waals surface area (Å²) in [5.41, 5.74) is 1.98. The predicted octanol–water partition coefficient (Wildman–Crippen LogP) is 3.54. The van der Waals surface area contributed by atoms with Gasteiger partial charge in [-0.3, -0.25) is 9.89 Å². The van der Waals surface area contributed by atoms with Crippen LogP contribution in [-0.2, 0) is 14.8 Å². The first-order valence-electron chi connectivity index (χ1n) is 9.86. The van der Waals surface area contributed by atoms with Crippen LogP contribution >= 0.6 is 11.8 Å². The van der Waals surface area contributed by atoms with Gasteiger partial charge >= 0.3 is 0 Å². The van der Waals surface area contributed by atoms with E-state index in [-0.39, 0.29) is 16.6 Å². The number of amides is 1. The maximum absolute atomic E-state index is 12.9. The van der Waals surface area contributed by atoms with E-state index < -0.39 is 10.0 Å². The van der Waals surface area contributed by atoms with E-state index in [1.54, 1.807) is 32.9 Å². The number of aromatic amines is 1. The molecule has 1 amide bonds. The van der Waals surface area contributed by atoms with Crippen LogP contribution in [0.3, 0.4) is 0 Å². The number of anilines is 1. The Kier molecular flexibility index (Phi) is 7.47. The molecule has 31 heavy (non-hydrogen) atoms. The molecule has 8 nitrogen and oxygen atoms in total. The second kappa shape index (κ2) is 10.1. The standard InChI is InChI=1S/C21H25N5O3S2/c1-4-26(5-2)31(28,29)18-13-17(12-11-15(18)3)22-19(27)14-30-21-23-20(24-25-21)16-9-7-6-8-10-16/h6-13H,4-5,14H2,1-3H3,(H,22,27)(H,23,24,25). The maximum atomic E-state index is 12.9. The summed E-state index contributed by atoms with van der Waals surface area (Å²) in [5, 5.41) is 10.2. The molecular weight excluding hydrogens is 434 g/mol. The SMILES string of the molecule is CCN(CC)S(=O)(=O)c1cc(NC(=O)CSc2n[nH]c(-c3ccccc3)n2)ccc1C. The molecule has 0 saturated heterocycles. The molecule has 1 heterocycles. The number of nitrogens with zero attached hydrogens (tertiary/aromatic N) is 3. The molecule has 164 valence electrons. The van der Waals surface area contributed by atoms with Crippen molar-refractivity contribution in [1.82, 2.24) is 19.5 Å². The minimum Gasteiger partial charge on any atom is -0.325 e. The summed E-state index contributed by atoms with van der Waals surface area (Å²) < 4.78 is 27.1. The van der Waals surface area contributed by atoms with Gasteiger partial charge in [-0.2, -0.15) is 4.31 Å². The molecule has 0 unspecified atom stereocenters. The quantitative estimate of drug-likeness (QED) is 0.474. The Morgan fingerprint density at radius 3 is 2.52 bits per heavy atom. The van der Waals surface area contributed by atoms with E-state index in [9.17, 15) is 13.2 Å². The lowest BCUT2D eigenvalue weighted by Gasteiger charge is -2.20. The van der Waals surface area contributed by atoms with Gasteiger partial charge in [0.1, 0.15) is 0 Å². The van der Waals surface area contributed by atoms with Crippen LogP contribution in [0.2, 0.25) is 0 Å². The highest BCUT2D eigenvalue weighted by molar-refractivity contribution is 7.99. The molecule has 0 saturated carbocycles. The molecule has 2 aromatic carbocycles. The van der Waals surface area contributed by atoms with Gasteiger partial charge in [-0.1, -0.05) is 62.0 Å². The average molecular weight is 460 g/mol. The van der Waals surface area contributed by atoms with E-state index in [0.29, 0.717) is 35.3 Å². The zero-order valence-corrected chi connectivity index (χ0v) is 19.3. The van der Waals surface area contributed by atoms with Crippen LogP contribution in [0.25, 0.3) is 11.4 Å². The molecule has 1 aromatic heterocycles. The number of carbonyl (C=O) groups is 1. The van der Waals surface area contributed by atoms with Crippen LogP contribution in [0, 0.1) is 6.92 Å². The molecule has 0 bridgehead atoms. The number of thioether (sulfide) groups is 1. The Labute approximate surface area is 186 Å². The number of aromatic nitrogens is 3. The van der Waals surface area contributed by atoms with Gasteiger partial charge < -0.3 is 5.32 Å². The van der Waals surface area contributed by atoms with Crippen molar-refractivity contribution in [2.24, 2.45) is 0 Å². The monoisotopic (exact) mass is 459 g/mol. The van der Waals surface area contributed by atoms with Gasteiger partial charge in [0, 0.05) is 24.3 Å². The summed E-state index contributed by atoms with van der Waals surface area (Å²) in [7, 11) is -3.62. The molecule has 0 aliphatic carbocycles. The second-order valence-electron chi connectivity index (χ2n) is 6.74. The summed E-state index contributed by atoms with van der Waals surface area (Å²) >= 11 is 1.20. The van der Waals surface area contributed by atoms with Crippen LogP contribution < -0.4 is 5.32 Å². The van der Waals surface area contributed by atoms with Gasteiger partial charge in [-0.05, 0) is 24.6 Å². The molecule has 0 radical (unpaired) electrons. The van der Waals surface area contributed by atoms with Gasteiger partial charge in [0.15, 0.2) is 5.82 Å². The van der Waals surface area contributed by atoms with Crippen LogP contribution in [0.4, 0.5) is 5.69 Å². The minimum atomic E-state index is -3.62. The molecule has 3 rings (SSSR count). The Hall–Kier alpha value is -2.69. The molecule has 0 fully saturated rings. The number of sulfonamides is 1. The molecule has 2 N–H and O–H groups in total. The van der Waals surface area contributed by atoms with Crippen molar-refractivity contribution in [2.75, 3.05) is 24.2 Å². The summed E-state index contributed by atoms with van der Waals surface area (Å²) in [6, 6.07) is 14.5. The van der Waals surface area contributed by atoms with Crippen molar-refractivity contribution < 1.29 is 13.2 Å². The van der Waals surface area contributed by atoms with Gasteiger partial charge in [-0.25, -0.2) is 13.4 Å². The van der Waals surface area contributed by atoms with Gasteiger partial charge in [0.2, 0.25) is 21.1 Å². The van der Waals surface area contributed by atoms with Crippen LogP contribution in [-0.4, -0.2) is 52.7 Å². The zero-order chi connectivity index (χ0) is 22.4. The highest BCUT2D eigenvalue weighted by Gasteiger charge is 2.24. The molecule has 0 spiro atoms. The number of aryl methyl sites for hydroxylation is 1. The fourth-order valence-electron chi connectivity index (χ4n) is 3.02. The van der Waals surface area contributed by atoms with Gasteiger partial charge in [0.25, 0.3) is 0 Å². The highest BCUT2D eigenvalue weighted by Crippen LogP contribution is 2.24. The van der Waals surface area contributed by atoms with Crippen molar-refractivity contribution in [3.63, 3.8) is 0 Å². The number of hydrogen-bond acceptors (Lipinski definition) is 6. The largest absolute Gasteiger partial charge is 0.325 e. The Morgan fingerprint density at radius 2 is 1.84 bits per heavy atom. The number of nitrogens with one attached hydrogen (secondary N) is 2. The van der Waals surface area contributed by atoms with E-state index in [1.807, 2.05) is 30.3 Å². The Morgan fingerprint density at radius 1 is 1.13 bits per heavy atom. The number of H-pyrrole nitrogens is 1. The van der Waals surface area contributed by atoms with E-state index >= 15 is 0 Å². The molecule has 10 heteroatoms. The lowest BCUT2D eigenvalue weighted by Crippen LogP contribution is -2.31. The third-order valence-electron chi connectivity index (χ3n) is 4.64. The summed E-state index contributed by atoms with van der Waals surface area (Å²) in [6.07, 6.45) is 0. The molecule has 0 aliphatic heterocycles. The first-order chi connectivity index (χ1) is 14.8. The summed E-state index contributed by atoms with van der Waals surface area (Å²) in [4.78, 5) is 17.0. The van der Waals surface area contributed by atoms with E-state index in [4.69, 9.17) is 0 Å². The smallest absolute Gasteiger partial charge is 0.243 e. The number of hydrogen-bond donors (Lipinski definition) is 2. The van der Waals surface area contributed by atoms with Crippen LogP contribution in [0.5, 0.6) is 0 Å². The van der Waals surface area contributed by atoms with E-state index in [2.05, 4.69) is 20.5 Å². The molecule has 3 aromatic rings. The minimum absolute atomic E-state index is 0.0953. The van der Waals surface area contributed by atoms with E-state index in [0.717, 1.165) is 5.56 Å². The topological polar surface area (TPSA) is 108 Å². The fourth-order valence-corrected chi connectivity index (χ4v) is 5.33. The van der Waals surface area contributed by atoms with Crippen molar-refractivity contribution in [3.05, 3.63) is 54.1 Å². The Bertz CT molecular complexity index is 1140. The number of benzene rings is 2. The fraction of sp³-hybridized carbons (Fsp3) is 0.286. The summed E-state index contributed by atoms with van der Waals surface area (Å²) in [5.74, 6) is 0.456. The third-order valence-corrected chi connectivity index (χ3v) is 7.68. The molecular formula is C21H25N5O3S2. The van der Waals surface area contributed by atoms with E-state index in [1.165, 1.54) is 22.1 Å². The average Bonchev–Trinajstić information content (AvgIpc) is 3.24. The van der Waals surface area contributed by atoms with Crippen LogP contribution in [0.1, 0.15) is 19.4 Å². The molecule has 0 aliphatic rings. The molecule has 0 atom stereocenters. The van der Waals surface area contributed by atoms with Crippen molar-refractivity contribution >= 4 is 33.4 Å². The first-order valence-corrected chi connectivity index (χ1v) is 12.3. The lowest BCUT2D eigenvalue weighted by atomic mass is 10.2. The normalized spacial score (nSPS) is 11.6. The summed E-state index contributed by atoms with van der Waals surface area (Å²) in [6.45, 7) is 6.10. The van der Waals surface area contributed by atoms with Crippen LogP contribution in [0.15, 0.2) is 58.6 Å². The Balaban J connectivity index is 1.66. The number of carbonyl (C=O) groups excluding carboxylic acids is 1.